The molecule has 0 unspecified atom stereocenters. The molecule has 0 aliphatic carbocycles. The number of benzene rings is 1. The van der Waals surface area contributed by atoms with Crippen LogP contribution in [0.3, 0.4) is 0 Å². The third kappa shape index (κ3) is 3.72. The topological polar surface area (TPSA) is 96.9 Å². The molecule has 2 heterocycles. The maximum Gasteiger partial charge on any atom is 0.318 e. The van der Waals surface area contributed by atoms with Gasteiger partial charge in [0.1, 0.15) is 0 Å². The fourth-order valence-electron chi connectivity index (χ4n) is 2.68. The van der Waals surface area contributed by atoms with Crippen LogP contribution in [-0.2, 0) is 6.54 Å². The van der Waals surface area contributed by atoms with Gasteiger partial charge in [-0.3, -0.25) is 19.0 Å². The Morgan fingerprint density at radius 2 is 1.96 bits per heavy atom. The minimum atomic E-state index is -0.683. The van der Waals surface area contributed by atoms with Crippen molar-refractivity contribution in [1.29, 1.82) is 0 Å². The molecular formula is C19H20N4O3. The zero-order chi connectivity index (χ0) is 18.5. The summed E-state index contributed by atoms with van der Waals surface area (Å²) in [4.78, 5) is 42.8. The second-order valence-electron chi connectivity index (χ2n) is 6.03. The highest BCUT2D eigenvalue weighted by Crippen LogP contribution is 2.09. The van der Waals surface area contributed by atoms with Gasteiger partial charge in [0.2, 0.25) is 0 Å². The molecule has 1 amide bonds. The van der Waals surface area contributed by atoms with Gasteiger partial charge in [-0.1, -0.05) is 25.5 Å². The molecule has 0 bridgehead atoms. The van der Waals surface area contributed by atoms with Crippen molar-refractivity contribution in [2.75, 3.05) is 6.54 Å². The third-order valence-corrected chi connectivity index (χ3v) is 4.10. The number of unbranched alkanes of at least 4 members (excludes halogenated alkanes) is 1. The van der Waals surface area contributed by atoms with Gasteiger partial charge >= 0.3 is 11.1 Å². The van der Waals surface area contributed by atoms with Crippen LogP contribution in [0.15, 0.2) is 52.2 Å². The van der Waals surface area contributed by atoms with Crippen LogP contribution in [0.25, 0.3) is 11.2 Å². The van der Waals surface area contributed by atoms with Gasteiger partial charge in [0.25, 0.3) is 5.91 Å². The molecule has 0 aliphatic heterocycles. The maximum absolute atomic E-state index is 12.2. The van der Waals surface area contributed by atoms with E-state index in [4.69, 9.17) is 0 Å². The molecule has 0 fully saturated rings. The molecule has 2 aromatic heterocycles. The molecule has 26 heavy (non-hydrogen) atoms. The minimum Gasteiger partial charge on any atom is -0.352 e. The van der Waals surface area contributed by atoms with Crippen molar-refractivity contribution < 1.29 is 4.79 Å². The fourth-order valence-corrected chi connectivity index (χ4v) is 2.68. The average Bonchev–Trinajstić information content (AvgIpc) is 2.66. The van der Waals surface area contributed by atoms with E-state index in [1.165, 1.54) is 4.57 Å². The fraction of sp³-hybridized carbons (Fsp3) is 0.263. The highest BCUT2D eigenvalue weighted by molar-refractivity contribution is 5.94. The molecule has 1 aromatic carbocycles. The molecule has 7 nitrogen and oxygen atoms in total. The predicted octanol–water partition coefficient (Wildman–Crippen LogP) is 1.66. The summed E-state index contributed by atoms with van der Waals surface area (Å²) in [6.07, 6.45) is 3.53. The lowest BCUT2D eigenvalue weighted by atomic mass is 10.1. The van der Waals surface area contributed by atoms with E-state index >= 15 is 0 Å². The van der Waals surface area contributed by atoms with Gasteiger partial charge in [-0.15, -0.1) is 0 Å². The van der Waals surface area contributed by atoms with Crippen LogP contribution in [0.5, 0.6) is 0 Å². The third-order valence-electron chi connectivity index (χ3n) is 4.10. The molecule has 0 saturated heterocycles. The number of pyridine rings is 1. The van der Waals surface area contributed by atoms with Crippen LogP contribution in [0.1, 0.15) is 35.7 Å². The lowest BCUT2D eigenvalue weighted by Gasteiger charge is -2.09. The molecule has 7 heteroatoms. The highest BCUT2D eigenvalue weighted by atomic mass is 16.2. The largest absolute Gasteiger partial charge is 0.352 e. The van der Waals surface area contributed by atoms with Gasteiger partial charge in [-0.2, -0.15) is 0 Å². The van der Waals surface area contributed by atoms with Crippen molar-refractivity contribution >= 4 is 17.1 Å². The van der Waals surface area contributed by atoms with E-state index in [9.17, 15) is 14.4 Å². The van der Waals surface area contributed by atoms with Crippen molar-refractivity contribution in [1.82, 2.24) is 19.9 Å². The Kier molecular flexibility index (Phi) is 5.26. The molecule has 2 N–H and O–H groups in total. The second-order valence-corrected chi connectivity index (χ2v) is 6.03. The zero-order valence-corrected chi connectivity index (χ0v) is 14.5. The summed E-state index contributed by atoms with van der Waals surface area (Å²) in [5, 5.41) is 2.86. The number of nitrogens with one attached hydrogen (secondary N) is 2. The number of rotatable bonds is 6. The summed E-state index contributed by atoms with van der Waals surface area (Å²) in [7, 11) is 0. The Morgan fingerprint density at radius 1 is 1.19 bits per heavy atom. The van der Waals surface area contributed by atoms with E-state index in [2.05, 4.69) is 22.2 Å². The monoisotopic (exact) mass is 352 g/mol. The molecule has 134 valence electrons. The first-order valence-corrected chi connectivity index (χ1v) is 8.55. The number of aromatic amines is 1. The zero-order valence-electron chi connectivity index (χ0n) is 14.5. The van der Waals surface area contributed by atoms with Crippen LogP contribution in [0, 0.1) is 0 Å². The van der Waals surface area contributed by atoms with E-state index in [0.717, 1.165) is 18.4 Å². The van der Waals surface area contributed by atoms with Crippen molar-refractivity contribution in [3.8, 4) is 0 Å². The molecular weight excluding hydrogens is 332 g/mol. The molecule has 0 atom stereocenters. The molecule has 0 aliphatic rings. The number of amides is 1. The van der Waals surface area contributed by atoms with Crippen molar-refractivity contribution in [2.24, 2.45) is 0 Å². The van der Waals surface area contributed by atoms with Gasteiger partial charge in [-0.25, -0.2) is 4.98 Å². The first-order chi connectivity index (χ1) is 12.6. The van der Waals surface area contributed by atoms with Gasteiger partial charge < -0.3 is 10.3 Å². The number of carbonyl (C=O) groups is 1. The summed E-state index contributed by atoms with van der Waals surface area (Å²) in [6, 6.07) is 10.4. The molecule has 3 aromatic rings. The Bertz CT molecular complexity index is 1040. The number of H-pyrrole nitrogens is 1. The van der Waals surface area contributed by atoms with Crippen molar-refractivity contribution in [2.45, 2.75) is 26.3 Å². The number of nitrogens with zero attached hydrogens (tertiary/aromatic N) is 2. The van der Waals surface area contributed by atoms with E-state index in [0.29, 0.717) is 23.3 Å². The SMILES string of the molecule is CCCCNC(=O)c1ccc(Cn2c(=O)c(=O)[nH]c3cccnc32)cc1. The minimum absolute atomic E-state index is 0.120. The van der Waals surface area contributed by atoms with Crippen LogP contribution in [-0.4, -0.2) is 27.0 Å². The van der Waals surface area contributed by atoms with E-state index in [1.807, 2.05) is 0 Å². The molecule has 3 rings (SSSR count). The molecule has 0 spiro atoms. The first kappa shape index (κ1) is 17.6. The summed E-state index contributed by atoms with van der Waals surface area (Å²) in [6.45, 7) is 2.92. The summed E-state index contributed by atoms with van der Waals surface area (Å²) in [5.74, 6) is -0.120. The number of hydrogen-bond donors (Lipinski definition) is 2. The Balaban J connectivity index is 1.85. The van der Waals surface area contributed by atoms with Crippen LogP contribution in [0.4, 0.5) is 0 Å². The normalized spacial score (nSPS) is 10.8. The lowest BCUT2D eigenvalue weighted by molar-refractivity contribution is 0.0953. The summed E-state index contributed by atoms with van der Waals surface area (Å²) >= 11 is 0. The van der Waals surface area contributed by atoms with E-state index in [-0.39, 0.29) is 12.5 Å². The summed E-state index contributed by atoms with van der Waals surface area (Å²) < 4.78 is 1.34. The number of fused-ring (bicyclic) bond motifs is 1. The van der Waals surface area contributed by atoms with Gasteiger partial charge in [0.05, 0.1) is 12.1 Å². The Hall–Kier alpha value is -3.22. The van der Waals surface area contributed by atoms with E-state index < -0.39 is 11.1 Å². The maximum atomic E-state index is 12.2. The van der Waals surface area contributed by atoms with Crippen molar-refractivity contribution in [3.63, 3.8) is 0 Å². The molecule has 0 saturated carbocycles. The quantitative estimate of drug-likeness (QED) is 0.521. The number of carbonyl (C=O) groups excluding carboxylic acids is 1. The van der Waals surface area contributed by atoms with Crippen LogP contribution >= 0.6 is 0 Å². The number of hydrogen-bond acceptors (Lipinski definition) is 4. The molecule has 0 radical (unpaired) electrons. The highest BCUT2D eigenvalue weighted by Gasteiger charge is 2.10. The lowest BCUT2D eigenvalue weighted by Crippen LogP contribution is -2.36. The number of aromatic nitrogens is 3. The Labute approximate surface area is 149 Å². The average molecular weight is 352 g/mol. The second kappa shape index (κ2) is 7.77. The Morgan fingerprint density at radius 3 is 2.69 bits per heavy atom. The van der Waals surface area contributed by atoms with Crippen LogP contribution < -0.4 is 16.4 Å². The standard InChI is InChI=1S/C19H20N4O3/c1-2-3-10-21-17(24)14-8-6-13(7-9-14)12-23-16-15(5-4-11-20-16)22-18(25)19(23)26/h4-9,11H,2-3,10,12H2,1H3,(H,21,24)(H,22,25). The van der Waals surface area contributed by atoms with Crippen LogP contribution in [0.2, 0.25) is 0 Å². The van der Waals surface area contributed by atoms with Gasteiger partial charge in [-0.05, 0) is 36.2 Å². The predicted molar refractivity (Wildman–Crippen MR) is 99.4 cm³/mol. The van der Waals surface area contributed by atoms with Crippen molar-refractivity contribution in [3.05, 3.63) is 74.4 Å². The van der Waals surface area contributed by atoms with E-state index in [1.54, 1.807) is 42.6 Å². The van der Waals surface area contributed by atoms with Gasteiger partial charge in [0, 0.05) is 18.3 Å². The smallest absolute Gasteiger partial charge is 0.318 e. The first-order valence-electron chi connectivity index (χ1n) is 8.55. The van der Waals surface area contributed by atoms with Gasteiger partial charge in [0.15, 0.2) is 5.65 Å². The summed E-state index contributed by atoms with van der Waals surface area (Å²) in [5.41, 5.74) is 0.943.